The molecule has 1 N–H and O–H groups in total. The van der Waals surface area contributed by atoms with Gasteiger partial charge in [-0.25, -0.2) is 4.39 Å². The fourth-order valence-electron chi connectivity index (χ4n) is 2.84. The van der Waals surface area contributed by atoms with Crippen LogP contribution in [0.25, 0.3) is 0 Å². The van der Waals surface area contributed by atoms with Gasteiger partial charge in [0.25, 0.3) is 0 Å². The van der Waals surface area contributed by atoms with Gasteiger partial charge in [-0.3, -0.25) is 4.90 Å². The van der Waals surface area contributed by atoms with E-state index in [0.29, 0.717) is 24.6 Å². The van der Waals surface area contributed by atoms with Crippen molar-refractivity contribution in [2.45, 2.75) is 46.4 Å². The molecule has 132 valence electrons. The van der Waals surface area contributed by atoms with Crippen LogP contribution in [0, 0.1) is 11.7 Å². The van der Waals surface area contributed by atoms with Gasteiger partial charge < -0.3 is 9.67 Å². The Bertz CT molecular complexity index is 622. The smallest absolute Gasteiger partial charge is 0.128 e. The summed E-state index contributed by atoms with van der Waals surface area (Å²) in [4.78, 5) is 2.28. The lowest BCUT2D eigenvalue weighted by Crippen LogP contribution is -2.32. The molecule has 0 fully saturated rings. The molecule has 0 bridgehead atoms. The van der Waals surface area contributed by atoms with Crippen LogP contribution < -0.4 is 0 Å². The van der Waals surface area contributed by atoms with Crippen LogP contribution in [0.4, 0.5) is 4.39 Å². The molecular formula is C20H29FN2O. The third-order valence-corrected chi connectivity index (χ3v) is 4.15. The minimum absolute atomic E-state index is 0.169. The van der Waals surface area contributed by atoms with Gasteiger partial charge in [-0.1, -0.05) is 32.0 Å². The summed E-state index contributed by atoms with van der Waals surface area (Å²) in [7, 11) is 0. The van der Waals surface area contributed by atoms with Gasteiger partial charge in [-0.05, 0) is 44.0 Å². The normalized spacial score (nSPS) is 13.0. The van der Waals surface area contributed by atoms with Gasteiger partial charge in [-0.15, -0.1) is 0 Å². The predicted molar refractivity (Wildman–Crippen MR) is 96.3 cm³/mol. The number of hydrogen-bond donors (Lipinski definition) is 1. The maximum Gasteiger partial charge on any atom is 0.128 e. The third kappa shape index (κ3) is 5.77. The molecule has 0 aliphatic rings. The molecule has 0 aliphatic carbocycles. The highest BCUT2D eigenvalue weighted by atomic mass is 19.1. The highest BCUT2D eigenvalue weighted by Crippen LogP contribution is 2.14. The van der Waals surface area contributed by atoms with Crippen molar-refractivity contribution in [3.63, 3.8) is 0 Å². The molecule has 24 heavy (non-hydrogen) atoms. The second-order valence-electron chi connectivity index (χ2n) is 6.99. The fourth-order valence-corrected chi connectivity index (χ4v) is 2.84. The highest BCUT2D eigenvalue weighted by Gasteiger charge is 2.13. The quantitative estimate of drug-likeness (QED) is 0.754. The summed E-state index contributed by atoms with van der Waals surface area (Å²) in [5.74, 6) is 0.462. The van der Waals surface area contributed by atoms with Crippen LogP contribution in [0.3, 0.4) is 0 Å². The molecule has 0 radical (unpaired) electrons. The summed E-state index contributed by atoms with van der Waals surface area (Å²) in [5.41, 5.74) is 1.84. The van der Waals surface area contributed by atoms with E-state index < -0.39 is 0 Å². The summed E-state index contributed by atoms with van der Waals surface area (Å²) in [6.45, 7) is 9.13. The number of rotatable bonds is 9. The van der Waals surface area contributed by atoms with Gasteiger partial charge in [0.05, 0.1) is 12.6 Å². The summed E-state index contributed by atoms with van der Waals surface area (Å²) in [5, 5.41) is 9.76. The van der Waals surface area contributed by atoms with Gasteiger partial charge in [0.15, 0.2) is 0 Å². The van der Waals surface area contributed by atoms with Crippen LogP contribution in [0.15, 0.2) is 42.6 Å². The zero-order valence-electron chi connectivity index (χ0n) is 15.0. The van der Waals surface area contributed by atoms with E-state index in [9.17, 15) is 9.50 Å². The molecule has 0 spiro atoms. The zero-order chi connectivity index (χ0) is 17.5. The average Bonchev–Trinajstić information content (AvgIpc) is 2.93. The molecule has 1 heterocycles. The van der Waals surface area contributed by atoms with Gasteiger partial charge in [-0.2, -0.15) is 0 Å². The molecule has 1 atom stereocenters. The van der Waals surface area contributed by atoms with Crippen molar-refractivity contribution in [2.24, 2.45) is 5.92 Å². The van der Waals surface area contributed by atoms with Crippen molar-refractivity contribution in [3.05, 3.63) is 59.7 Å². The molecule has 4 heteroatoms. The van der Waals surface area contributed by atoms with Gasteiger partial charge in [0, 0.05) is 30.5 Å². The average molecular weight is 332 g/mol. The highest BCUT2D eigenvalue weighted by molar-refractivity contribution is 5.19. The molecule has 0 aliphatic heterocycles. The number of aliphatic hydroxyl groups is 1. The van der Waals surface area contributed by atoms with Crippen LogP contribution in [-0.4, -0.2) is 33.8 Å². The lowest BCUT2D eigenvalue weighted by Gasteiger charge is -2.25. The van der Waals surface area contributed by atoms with Gasteiger partial charge >= 0.3 is 0 Å². The molecular weight excluding hydrogens is 303 g/mol. The van der Waals surface area contributed by atoms with E-state index in [4.69, 9.17) is 0 Å². The first-order valence-corrected chi connectivity index (χ1v) is 8.73. The SMILES string of the molecule is CC(C)CCN(Cc1cccn1Cc1ccccc1F)C[C@H](C)O. The van der Waals surface area contributed by atoms with E-state index >= 15 is 0 Å². The molecule has 2 rings (SSSR count). The van der Waals surface area contributed by atoms with Gasteiger partial charge in [0.2, 0.25) is 0 Å². The van der Waals surface area contributed by atoms with Crippen molar-refractivity contribution in [1.29, 1.82) is 0 Å². The molecule has 1 aromatic carbocycles. The maximum absolute atomic E-state index is 13.9. The Labute approximate surface area is 144 Å². The monoisotopic (exact) mass is 332 g/mol. The van der Waals surface area contributed by atoms with Crippen LogP contribution in [0.1, 0.15) is 38.4 Å². The maximum atomic E-state index is 13.9. The largest absolute Gasteiger partial charge is 0.392 e. The van der Waals surface area contributed by atoms with E-state index in [1.807, 2.05) is 31.3 Å². The number of halogens is 1. The molecule has 0 saturated carbocycles. The first-order chi connectivity index (χ1) is 11.5. The lowest BCUT2D eigenvalue weighted by molar-refractivity contribution is 0.117. The van der Waals surface area contributed by atoms with E-state index in [1.165, 1.54) is 6.07 Å². The Kier molecular flexibility index (Phi) is 7.00. The second-order valence-corrected chi connectivity index (χ2v) is 6.99. The molecule has 0 unspecified atom stereocenters. The Morgan fingerprint density at radius 1 is 1.12 bits per heavy atom. The number of nitrogens with zero attached hydrogens (tertiary/aromatic N) is 2. The zero-order valence-corrected chi connectivity index (χ0v) is 15.0. The molecule has 1 aromatic heterocycles. The number of hydrogen-bond acceptors (Lipinski definition) is 2. The van der Waals surface area contributed by atoms with Crippen molar-refractivity contribution in [1.82, 2.24) is 9.47 Å². The van der Waals surface area contributed by atoms with Crippen LogP contribution in [0.5, 0.6) is 0 Å². The van der Waals surface area contributed by atoms with E-state index in [-0.39, 0.29) is 11.9 Å². The van der Waals surface area contributed by atoms with Crippen LogP contribution in [-0.2, 0) is 13.1 Å². The Morgan fingerprint density at radius 3 is 2.54 bits per heavy atom. The van der Waals surface area contributed by atoms with Crippen molar-refractivity contribution < 1.29 is 9.50 Å². The van der Waals surface area contributed by atoms with Crippen molar-refractivity contribution >= 4 is 0 Å². The fraction of sp³-hybridized carbons (Fsp3) is 0.500. The number of aliphatic hydroxyl groups excluding tert-OH is 1. The molecule has 0 saturated heterocycles. The van der Waals surface area contributed by atoms with E-state index in [2.05, 4.69) is 29.4 Å². The minimum atomic E-state index is -0.354. The second kappa shape index (κ2) is 9.00. The van der Waals surface area contributed by atoms with E-state index in [1.54, 1.807) is 6.07 Å². The molecule has 0 amide bonds. The number of aromatic nitrogens is 1. The summed E-state index contributed by atoms with van der Waals surface area (Å²) < 4.78 is 16.0. The van der Waals surface area contributed by atoms with E-state index in [0.717, 1.165) is 25.2 Å². The van der Waals surface area contributed by atoms with Gasteiger partial charge in [0.1, 0.15) is 5.82 Å². The third-order valence-electron chi connectivity index (χ3n) is 4.15. The predicted octanol–water partition coefficient (Wildman–Crippen LogP) is 3.90. The Balaban J connectivity index is 2.08. The summed E-state index contributed by atoms with van der Waals surface area (Å²) >= 11 is 0. The molecule has 2 aromatic rings. The van der Waals surface area contributed by atoms with Crippen LogP contribution >= 0.6 is 0 Å². The van der Waals surface area contributed by atoms with Crippen molar-refractivity contribution in [3.8, 4) is 0 Å². The molecule has 3 nitrogen and oxygen atoms in total. The minimum Gasteiger partial charge on any atom is -0.392 e. The Hall–Kier alpha value is -1.65. The standard InChI is InChI=1S/C20H29FN2O/c1-16(2)10-12-22(13-17(3)24)15-19-8-6-11-23(19)14-18-7-4-5-9-20(18)21/h4-9,11,16-17,24H,10,12-15H2,1-3H3/t17-/m0/s1. The summed E-state index contributed by atoms with van der Waals surface area (Å²) in [6, 6.07) is 11.0. The first kappa shape index (κ1) is 18.7. The lowest BCUT2D eigenvalue weighted by atomic mass is 10.1. The van der Waals surface area contributed by atoms with Crippen molar-refractivity contribution in [2.75, 3.05) is 13.1 Å². The number of benzene rings is 1. The summed E-state index contributed by atoms with van der Waals surface area (Å²) in [6.07, 6.45) is 2.73. The first-order valence-electron chi connectivity index (χ1n) is 8.73. The Morgan fingerprint density at radius 2 is 1.88 bits per heavy atom. The van der Waals surface area contributed by atoms with Crippen LogP contribution in [0.2, 0.25) is 0 Å². The topological polar surface area (TPSA) is 28.4 Å².